The highest BCUT2D eigenvalue weighted by molar-refractivity contribution is 5.95. The minimum Gasteiger partial charge on any atom is -0.480 e. The van der Waals surface area contributed by atoms with Crippen molar-refractivity contribution in [1.82, 2.24) is 14.9 Å². The van der Waals surface area contributed by atoms with Gasteiger partial charge in [-0.2, -0.15) is 13.2 Å². The molecule has 9 heteroatoms. The van der Waals surface area contributed by atoms with Crippen LogP contribution >= 0.6 is 0 Å². The Kier molecular flexibility index (Phi) is 5.68. The molecule has 2 aromatic rings. The predicted octanol–water partition coefficient (Wildman–Crippen LogP) is 2.26. The fraction of sp³-hybridized carbons (Fsp3) is 0.250. The molecular weight excluding hydrogens is 339 g/mol. The lowest BCUT2D eigenvalue weighted by Gasteiger charge is -2.20. The summed E-state index contributed by atoms with van der Waals surface area (Å²) in [6.07, 6.45) is -2.82. The summed E-state index contributed by atoms with van der Waals surface area (Å²) in [5, 5.41) is 8.95. The first-order chi connectivity index (χ1) is 11.8. The second-order valence-corrected chi connectivity index (χ2v) is 5.15. The van der Waals surface area contributed by atoms with Gasteiger partial charge in [-0.3, -0.25) is 9.59 Å². The molecule has 25 heavy (non-hydrogen) atoms. The van der Waals surface area contributed by atoms with Crippen LogP contribution in [-0.4, -0.2) is 44.9 Å². The summed E-state index contributed by atoms with van der Waals surface area (Å²) in [6, 6.07) is 9.09. The van der Waals surface area contributed by atoms with Gasteiger partial charge in [0.25, 0.3) is 5.91 Å². The van der Waals surface area contributed by atoms with Gasteiger partial charge in [-0.25, -0.2) is 9.97 Å². The lowest BCUT2D eigenvalue weighted by atomic mass is 10.1. The molecule has 1 heterocycles. The molecule has 0 unspecified atom stereocenters. The van der Waals surface area contributed by atoms with Crippen molar-refractivity contribution >= 4 is 11.9 Å². The lowest BCUT2D eigenvalue weighted by Crippen LogP contribution is -2.37. The fourth-order valence-corrected chi connectivity index (χ4v) is 2.09. The number of carboxylic acid groups (broad SMARTS) is 1. The zero-order valence-electron chi connectivity index (χ0n) is 12.9. The van der Waals surface area contributed by atoms with Crippen molar-refractivity contribution in [2.45, 2.75) is 12.6 Å². The quantitative estimate of drug-likeness (QED) is 0.861. The standard InChI is InChI=1S/C16H14F3N3O3/c17-16(18,19)15-20-8-12(9-21-15)14(25)22(10-13(23)24)7-6-11-4-2-1-3-5-11/h1-5,8-9H,6-7,10H2,(H,23,24). The molecule has 0 saturated carbocycles. The summed E-state index contributed by atoms with van der Waals surface area (Å²) in [5.74, 6) is -3.33. The molecule has 0 fully saturated rings. The molecule has 0 saturated heterocycles. The first-order valence-electron chi connectivity index (χ1n) is 7.21. The van der Waals surface area contributed by atoms with E-state index in [4.69, 9.17) is 5.11 Å². The molecule has 132 valence electrons. The highest BCUT2D eigenvalue weighted by Crippen LogP contribution is 2.25. The van der Waals surface area contributed by atoms with Gasteiger partial charge in [0.15, 0.2) is 0 Å². The maximum absolute atomic E-state index is 12.5. The minimum absolute atomic E-state index is 0.0934. The Hall–Kier alpha value is -2.97. The molecule has 0 atom stereocenters. The van der Waals surface area contributed by atoms with Crippen molar-refractivity contribution in [2.24, 2.45) is 0 Å². The van der Waals surface area contributed by atoms with E-state index in [0.717, 1.165) is 22.9 Å². The van der Waals surface area contributed by atoms with Crippen molar-refractivity contribution in [2.75, 3.05) is 13.1 Å². The molecular formula is C16H14F3N3O3. The summed E-state index contributed by atoms with van der Waals surface area (Å²) in [4.78, 5) is 30.6. The van der Waals surface area contributed by atoms with Gasteiger partial charge in [0.05, 0.1) is 5.56 Å². The van der Waals surface area contributed by atoms with Gasteiger partial charge in [-0.05, 0) is 12.0 Å². The van der Waals surface area contributed by atoms with Crippen molar-refractivity contribution in [1.29, 1.82) is 0 Å². The molecule has 0 radical (unpaired) electrons. The molecule has 0 bridgehead atoms. The molecule has 6 nitrogen and oxygen atoms in total. The van der Waals surface area contributed by atoms with E-state index in [-0.39, 0.29) is 12.1 Å². The van der Waals surface area contributed by atoms with Crippen LogP contribution in [0.15, 0.2) is 42.7 Å². The number of carboxylic acids is 1. The zero-order chi connectivity index (χ0) is 18.4. The molecule has 0 spiro atoms. The third-order valence-electron chi connectivity index (χ3n) is 3.28. The van der Waals surface area contributed by atoms with Gasteiger partial charge in [-0.1, -0.05) is 30.3 Å². The van der Waals surface area contributed by atoms with Crippen LogP contribution < -0.4 is 0 Å². The molecule has 1 amide bonds. The fourth-order valence-electron chi connectivity index (χ4n) is 2.09. The average molecular weight is 353 g/mol. The number of rotatable bonds is 6. The van der Waals surface area contributed by atoms with Crippen LogP contribution in [0.5, 0.6) is 0 Å². The number of alkyl halides is 3. The molecule has 0 aliphatic carbocycles. The Labute approximate surface area is 140 Å². The van der Waals surface area contributed by atoms with Crippen LogP contribution in [-0.2, 0) is 17.4 Å². The molecule has 2 rings (SSSR count). The van der Waals surface area contributed by atoms with E-state index in [1.165, 1.54) is 0 Å². The van der Waals surface area contributed by atoms with Crippen molar-refractivity contribution in [3.63, 3.8) is 0 Å². The molecule has 0 aliphatic rings. The number of nitrogens with zero attached hydrogens (tertiary/aromatic N) is 3. The van der Waals surface area contributed by atoms with Crippen molar-refractivity contribution in [3.05, 3.63) is 59.7 Å². The lowest BCUT2D eigenvalue weighted by molar-refractivity contribution is -0.145. The number of benzene rings is 1. The summed E-state index contributed by atoms with van der Waals surface area (Å²) in [5.41, 5.74) is 0.691. The number of aliphatic carboxylic acids is 1. The topological polar surface area (TPSA) is 83.4 Å². The van der Waals surface area contributed by atoms with Crippen LogP contribution in [0.1, 0.15) is 21.7 Å². The monoisotopic (exact) mass is 353 g/mol. The Balaban J connectivity index is 2.13. The van der Waals surface area contributed by atoms with Crippen LogP contribution in [0, 0.1) is 0 Å². The first kappa shape index (κ1) is 18.4. The van der Waals surface area contributed by atoms with E-state index in [1.807, 2.05) is 30.3 Å². The minimum atomic E-state index is -4.71. The number of hydrogen-bond donors (Lipinski definition) is 1. The van der Waals surface area contributed by atoms with Gasteiger partial charge in [-0.15, -0.1) is 0 Å². The van der Waals surface area contributed by atoms with Crippen molar-refractivity contribution in [3.8, 4) is 0 Å². The highest BCUT2D eigenvalue weighted by atomic mass is 19.4. The summed E-state index contributed by atoms with van der Waals surface area (Å²) in [7, 11) is 0. The van der Waals surface area contributed by atoms with E-state index in [9.17, 15) is 22.8 Å². The highest BCUT2D eigenvalue weighted by Gasteiger charge is 2.34. The smallest absolute Gasteiger partial charge is 0.451 e. The van der Waals surface area contributed by atoms with E-state index in [0.29, 0.717) is 6.42 Å². The van der Waals surface area contributed by atoms with Crippen LogP contribution in [0.3, 0.4) is 0 Å². The Morgan fingerprint density at radius 2 is 1.68 bits per heavy atom. The largest absolute Gasteiger partial charge is 0.480 e. The average Bonchev–Trinajstić information content (AvgIpc) is 2.58. The number of hydrogen-bond acceptors (Lipinski definition) is 4. The van der Waals surface area contributed by atoms with Crippen LogP contribution in [0.25, 0.3) is 0 Å². The van der Waals surface area contributed by atoms with E-state index in [1.54, 1.807) is 0 Å². The molecule has 1 aromatic heterocycles. The van der Waals surface area contributed by atoms with E-state index < -0.39 is 30.4 Å². The predicted molar refractivity (Wildman–Crippen MR) is 80.7 cm³/mol. The summed E-state index contributed by atoms with van der Waals surface area (Å²) >= 11 is 0. The number of carbonyl (C=O) groups excluding carboxylic acids is 1. The second kappa shape index (κ2) is 7.73. The van der Waals surface area contributed by atoms with E-state index >= 15 is 0 Å². The first-order valence-corrected chi connectivity index (χ1v) is 7.21. The van der Waals surface area contributed by atoms with Gasteiger partial charge < -0.3 is 10.0 Å². The van der Waals surface area contributed by atoms with Gasteiger partial charge >= 0.3 is 12.1 Å². The third kappa shape index (κ3) is 5.27. The van der Waals surface area contributed by atoms with Gasteiger partial charge in [0.2, 0.25) is 5.82 Å². The molecule has 1 aromatic carbocycles. The maximum Gasteiger partial charge on any atom is 0.451 e. The molecule has 0 aliphatic heterocycles. The van der Waals surface area contributed by atoms with Crippen LogP contribution in [0.2, 0.25) is 0 Å². The SMILES string of the molecule is O=C(O)CN(CCc1ccccc1)C(=O)c1cnc(C(F)(F)F)nc1. The second-order valence-electron chi connectivity index (χ2n) is 5.15. The normalized spacial score (nSPS) is 11.2. The Morgan fingerprint density at radius 3 is 2.20 bits per heavy atom. The number of carbonyl (C=O) groups is 2. The van der Waals surface area contributed by atoms with Gasteiger partial charge in [0, 0.05) is 18.9 Å². The maximum atomic E-state index is 12.5. The van der Waals surface area contributed by atoms with Gasteiger partial charge in [0.1, 0.15) is 6.54 Å². The summed E-state index contributed by atoms with van der Waals surface area (Å²) in [6.45, 7) is -0.483. The van der Waals surface area contributed by atoms with Crippen LogP contribution in [0.4, 0.5) is 13.2 Å². The third-order valence-corrected chi connectivity index (χ3v) is 3.28. The number of halogens is 3. The zero-order valence-corrected chi connectivity index (χ0v) is 12.9. The Bertz CT molecular complexity index is 734. The van der Waals surface area contributed by atoms with E-state index in [2.05, 4.69) is 9.97 Å². The molecule has 1 N–H and O–H groups in total. The van der Waals surface area contributed by atoms with Crippen molar-refractivity contribution < 1.29 is 27.9 Å². The number of aromatic nitrogens is 2. The summed E-state index contributed by atoms with van der Waals surface area (Å²) < 4.78 is 37.4. The Morgan fingerprint density at radius 1 is 1.08 bits per heavy atom. The number of amides is 1.